The number of anilines is 1. The quantitative estimate of drug-likeness (QED) is 0.768. The molecule has 0 bridgehead atoms. The molecule has 12 heavy (non-hydrogen) atoms. The fourth-order valence-corrected chi connectivity index (χ4v) is 0.995. The topological polar surface area (TPSA) is 23.5 Å². The molecular formula is C8H11Cl2NO. The number of hydrogen-bond acceptors (Lipinski definition) is 2. The lowest BCUT2D eigenvalue weighted by Gasteiger charge is -2.13. The maximum Gasteiger partial charge on any atom is 0.0621 e. The highest BCUT2D eigenvalue weighted by Gasteiger charge is 1.98. The van der Waals surface area contributed by atoms with Crippen LogP contribution in [0.1, 0.15) is 0 Å². The summed E-state index contributed by atoms with van der Waals surface area (Å²) in [5, 5.41) is 8.57. The van der Waals surface area contributed by atoms with Crippen LogP contribution in [0.15, 0.2) is 30.3 Å². The first-order chi connectivity index (χ1) is 5.34. The molecule has 1 aromatic carbocycles. The Bertz CT molecular complexity index is 205. The van der Waals surface area contributed by atoms with Gasteiger partial charge in [-0.05, 0) is 12.1 Å². The molecule has 2 nitrogen and oxygen atoms in total. The summed E-state index contributed by atoms with van der Waals surface area (Å²) in [4.78, 5) is 0. The molecule has 0 amide bonds. The van der Waals surface area contributed by atoms with E-state index in [4.69, 9.17) is 16.9 Å². The lowest BCUT2D eigenvalue weighted by molar-refractivity contribution is 0.307. The predicted molar refractivity (Wildman–Crippen MR) is 54.0 cm³/mol. The Morgan fingerprint density at radius 2 is 1.83 bits per heavy atom. The lowest BCUT2D eigenvalue weighted by atomic mass is 10.3. The van der Waals surface area contributed by atoms with Gasteiger partial charge in [-0.25, -0.2) is 0 Å². The average Bonchev–Trinajstić information content (AvgIpc) is 2.07. The van der Waals surface area contributed by atoms with E-state index in [1.165, 1.54) is 4.42 Å². The smallest absolute Gasteiger partial charge is 0.0621 e. The van der Waals surface area contributed by atoms with Gasteiger partial charge in [-0.15, -0.1) is 12.4 Å². The van der Waals surface area contributed by atoms with Crippen molar-refractivity contribution in [1.82, 2.24) is 0 Å². The fraction of sp³-hybridized carbons (Fsp3) is 0.250. The highest BCUT2D eigenvalue weighted by molar-refractivity contribution is 6.25. The monoisotopic (exact) mass is 207 g/mol. The second-order valence-corrected chi connectivity index (χ2v) is 2.55. The Kier molecular flexibility index (Phi) is 5.89. The number of hydrogen-bond donors (Lipinski definition) is 1. The van der Waals surface area contributed by atoms with Gasteiger partial charge in [-0.3, -0.25) is 4.42 Å². The van der Waals surface area contributed by atoms with Gasteiger partial charge >= 0.3 is 0 Å². The highest BCUT2D eigenvalue weighted by atomic mass is 35.5. The number of benzene rings is 1. The standard InChI is InChI=1S/C8H10ClNO.ClH/c9-10(6-7-11)8-4-2-1-3-5-8;/h1-5,11H,6-7H2;1H. The van der Waals surface area contributed by atoms with Gasteiger partial charge in [-0.2, -0.15) is 0 Å². The number of para-hydroxylation sites is 1. The molecule has 4 heteroatoms. The van der Waals surface area contributed by atoms with Crippen LogP contribution in [0.5, 0.6) is 0 Å². The maximum absolute atomic E-state index is 8.57. The molecule has 1 N–H and O–H groups in total. The van der Waals surface area contributed by atoms with Crippen LogP contribution in [0.2, 0.25) is 0 Å². The van der Waals surface area contributed by atoms with Crippen LogP contribution in [-0.4, -0.2) is 18.3 Å². The molecule has 0 saturated carbocycles. The number of rotatable bonds is 3. The van der Waals surface area contributed by atoms with Crippen molar-refractivity contribution < 1.29 is 5.11 Å². The Morgan fingerprint density at radius 3 is 2.33 bits per heavy atom. The molecule has 1 rings (SSSR count). The molecule has 1 aromatic rings. The SMILES string of the molecule is Cl.OCCN(Cl)c1ccccc1. The van der Waals surface area contributed by atoms with Gasteiger partial charge in [-0.1, -0.05) is 18.2 Å². The van der Waals surface area contributed by atoms with Crippen molar-refractivity contribution in [3.8, 4) is 0 Å². The van der Waals surface area contributed by atoms with Crippen molar-refractivity contribution in [1.29, 1.82) is 0 Å². The minimum Gasteiger partial charge on any atom is -0.394 e. The van der Waals surface area contributed by atoms with E-state index in [9.17, 15) is 0 Å². The van der Waals surface area contributed by atoms with Crippen LogP contribution in [0, 0.1) is 0 Å². The van der Waals surface area contributed by atoms with E-state index in [0.717, 1.165) is 5.69 Å². The molecular weight excluding hydrogens is 197 g/mol. The Morgan fingerprint density at radius 1 is 1.25 bits per heavy atom. The van der Waals surface area contributed by atoms with Crippen LogP contribution in [0.3, 0.4) is 0 Å². The lowest BCUT2D eigenvalue weighted by Crippen LogP contribution is -2.14. The third kappa shape index (κ3) is 3.30. The molecule has 0 aliphatic carbocycles. The van der Waals surface area contributed by atoms with Crippen LogP contribution in [-0.2, 0) is 0 Å². The first-order valence-electron chi connectivity index (χ1n) is 3.44. The van der Waals surface area contributed by atoms with Gasteiger partial charge in [0, 0.05) is 11.8 Å². The van der Waals surface area contributed by atoms with E-state index >= 15 is 0 Å². The van der Waals surface area contributed by atoms with Crippen molar-refractivity contribution in [2.75, 3.05) is 17.6 Å². The normalized spacial score (nSPS) is 8.83. The number of aliphatic hydroxyl groups is 1. The minimum atomic E-state index is 0. The molecule has 0 radical (unpaired) electrons. The third-order valence-corrected chi connectivity index (χ3v) is 1.70. The summed E-state index contributed by atoms with van der Waals surface area (Å²) in [7, 11) is 0. The summed E-state index contributed by atoms with van der Waals surface area (Å²) in [6.45, 7) is 0.518. The summed E-state index contributed by atoms with van der Waals surface area (Å²) in [5.74, 6) is 0. The molecule has 68 valence electrons. The van der Waals surface area contributed by atoms with Crippen LogP contribution >= 0.6 is 24.2 Å². The molecule has 0 aromatic heterocycles. The van der Waals surface area contributed by atoms with Gasteiger partial charge in [0.2, 0.25) is 0 Å². The third-order valence-electron chi connectivity index (χ3n) is 1.33. The second kappa shape index (κ2) is 6.12. The summed E-state index contributed by atoms with van der Waals surface area (Å²) in [6.07, 6.45) is 0. The Hall–Kier alpha value is -0.440. The molecule has 0 spiro atoms. The first kappa shape index (κ1) is 11.6. The predicted octanol–water partition coefficient (Wildman–Crippen LogP) is 2.06. The maximum atomic E-state index is 8.57. The van der Waals surface area contributed by atoms with Crippen LogP contribution in [0.4, 0.5) is 5.69 Å². The van der Waals surface area contributed by atoms with Gasteiger partial charge in [0.15, 0.2) is 0 Å². The first-order valence-corrected chi connectivity index (χ1v) is 3.77. The van der Waals surface area contributed by atoms with Gasteiger partial charge < -0.3 is 5.11 Å². The summed E-state index contributed by atoms with van der Waals surface area (Å²) in [5.41, 5.74) is 0.906. The van der Waals surface area contributed by atoms with Crippen LogP contribution in [0.25, 0.3) is 0 Å². The zero-order chi connectivity index (χ0) is 8.10. The molecule has 0 heterocycles. The van der Waals surface area contributed by atoms with E-state index in [1.54, 1.807) is 0 Å². The average molecular weight is 208 g/mol. The van der Waals surface area contributed by atoms with Crippen LogP contribution < -0.4 is 4.42 Å². The van der Waals surface area contributed by atoms with Crippen molar-refractivity contribution in [3.63, 3.8) is 0 Å². The largest absolute Gasteiger partial charge is 0.394 e. The minimum absolute atomic E-state index is 0. The number of nitrogens with zero attached hydrogens (tertiary/aromatic N) is 1. The highest BCUT2D eigenvalue weighted by Crippen LogP contribution is 2.14. The van der Waals surface area contributed by atoms with Gasteiger partial charge in [0.25, 0.3) is 0 Å². The van der Waals surface area contributed by atoms with Crippen molar-refractivity contribution >= 4 is 29.9 Å². The van der Waals surface area contributed by atoms with Crippen molar-refractivity contribution in [3.05, 3.63) is 30.3 Å². The van der Waals surface area contributed by atoms with E-state index in [0.29, 0.717) is 6.54 Å². The summed E-state index contributed by atoms with van der Waals surface area (Å²) >= 11 is 5.78. The Labute approximate surface area is 83.3 Å². The Balaban J connectivity index is 0.00000121. The van der Waals surface area contributed by atoms with Crippen molar-refractivity contribution in [2.45, 2.75) is 0 Å². The summed E-state index contributed by atoms with van der Waals surface area (Å²) < 4.78 is 1.49. The number of halogens is 2. The molecule has 0 saturated heterocycles. The van der Waals surface area contributed by atoms with E-state index in [-0.39, 0.29) is 19.0 Å². The van der Waals surface area contributed by atoms with Gasteiger partial charge in [0.05, 0.1) is 18.8 Å². The molecule has 0 aliphatic heterocycles. The van der Waals surface area contributed by atoms with E-state index < -0.39 is 0 Å². The molecule has 0 unspecified atom stereocenters. The van der Waals surface area contributed by atoms with E-state index in [1.807, 2.05) is 30.3 Å². The molecule has 0 atom stereocenters. The molecule has 0 aliphatic rings. The van der Waals surface area contributed by atoms with E-state index in [2.05, 4.69) is 0 Å². The zero-order valence-electron chi connectivity index (χ0n) is 6.48. The number of aliphatic hydroxyl groups excluding tert-OH is 1. The fourth-order valence-electron chi connectivity index (χ4n) is 0.807. The second-order valence-electron chi connectivity index (χ2n) is 2.14. The zero-order valence-corrected chi connectivity index (χ0v) is 8.05. The molecule has 0 fully saturated rings. The van der Waals surface area contributed by atoms with Crippen molar-refractivity contribution in [2.24, 2.45) is 0 Å². The summed E-state index contributed by atoms with van der Waals surface area (Å²) in [6, 6.07) is 9.52. The van der Waals surface area contributed by atoms with Gasteiger partial charge in [0.1, 0.15) is 0 Å².